The van der Waals surface area contributed by atoms with Crippen LogP contribution >= 0.6 is 0 Å². The van der Waals surface area contributed by atoms with E-state index in [1.807, 2.05) is 0 Å². The van der Waals surface area contributed by atoms with Crippen molar-refractivity contribution in [3.63, 3.8) is 0 Å². The number of aryl methyl sites for hydroxylation is 1. The molecular weight excluding hydrogens is 284 g/mol. The summed E-state index contributed by atoms with van der Waals surface area (Å²) < 4.78 is 5.64. The molecule has 0 bridgehead atoms. The fraction of sp³-hybridized carbons (Fsp3) is 0.400. The average molecular weight is 308 g/mol. The number of rotatable bonds is 4. The van der Waals surface area contributed by atoms with Crippen molar-refractivity contribution >= 4 is 5.69 Å². The molecule has 0 atom stereocenters. The highest BCUT2D eigenvalue weighted by Gasteiger charge is 2.15. The van der Waals surface area contributed by atoms with Crippen LogP contribution in [0.25, 0.3) is 0 Å². The Hall–Kier alpha value is -2.00. The monoisotopic (exact) mass is 308 g/mol. The van der Waals surface area contributed by atoms with Crippen LogP contribution < -0.4 is 10.1 Å². The van der Waals surface area contributed by atoms with Gasteiger partial charge in [0.15, 0.2) is 0 Å². The van der Waals surface area contributed by atoms with E-state index in [4.69, 9.17) is 4.74 Å². The van der Waals surface area contributed by atoms with E-state index < -0.39 is 0 Å². The molecule has 0 aromatic heterocycles. The van der Waals surface area contributed by atoms with Crippen LogP contribution in [0.2, 0.25) is 0 Å². The highest BCUT2D eigenvalue weighted by atomic mass is 16.5. The Balaban J connectivity index is 1.31. The zero-order valence-electron chi connectivity index (χ0n) is 13.6. The zero-order chi connectivity index (χ0) is 15.5. The largest absolute Gasteiger partial charge is 0.490 e. The van der Waals surface area contributed by atoms with Gasteiger partial charge in [0.2, 0.25) is 0 Å². The van der Waals surface area contributed by atoms with E-state index in [9.17, 15) is 0 Å². The van der Waals surface area contributed by atoms with Gasteiger partial charge in [0, 0.05) is 19.6 Å². The second-order valence-corrected chi connectivity index (χ2v) is 6.50. The molecule has 4 rings (SSSR count). The minimum absolute atomic E-state index is 0.767. The van der Waals surface area contributed by atoms with E-state index in [-0.39, 0.29) is 0 Å². The summed E-state index contributed by atoms with van der Waals surface area (Å²) in [6.45, 7) is 5.15. The lowest BCUT2D eigenvalue weighted by molar-refractivity contribution is 0.251. The maximum Gasteiger partial charge on any atom is 0.142 e. The van der Waals surface area contributed by atoms with Gasteiger partial charge < -0.3 is 10.1 Å². The van der Waals surface area contributed by atoms with Gasteiger partial charge in [-0.05, 0) is 54.6 Å². The number of hydrogen-bond donors (Lipinski definition) is 1. The molecule has 0 aliphatic carbocycles. The molecule has 0 fully saturated rings. The number of anilines is 1. The van der Waals surface area contributed by atoms with Crippen LogP contribution in [-0.4, -0.2) is 31.1 Å². The Kier molecular flexibility index (Phi) is 4.20. The molecule has 0 unspecified atom stereocenters. The highest BCUT2D eigenvalue weighted by Crippen LogP contribution is 2.28. The molecule has 23 heavy (non-hydrogen) atoms. The first-order chi connectivity index (χ1) is 11.4. The second-order valence-electron chi connectivity index (χ2n) is 6.50. The van der Waals surface area contributed by atoms with E-state index in [0.717, 1.165) is 37.6 Å². The van der Waals surface area contributed by atoms with Crippen LogP contribution in [0.3, 0.4) is 0 Å². The number of benzene rings is 2. The molecule has 1 N–H and O–H groups in total. The Bertz CT molecular complexity index is 683. The summed E-state index contributed by atoms with van der Waals surface area (Å²) in [7, 11) is 0. The molecule has 2 aliphatic heterocycles. The van der Waals surface area contributed by atoms with Crippen molar-refractivity contribution in [1.29, 1.82) is 0 Å². The predicted molar refractivity (Wildman–Crippen MR) is 94.2 cm³/mol. The summed E-state index contributed by atoms with van der Waals surface area (Å²) in [6.07, 6.45) is 3.53. The summed E-state index contributed by atoms with van der Waals surface area (Å²) in [5.74, 6) is 0.993. The lowest BCUT2D eigenvalue weighted by Gasteiger charge is -2.28. The Morgan fingerprint density at radius 2 is 2.00 bits per heavy atom. The molecule has 2 aromatic carbocycles. The third kappa shape index (κ3) is 3.35. The lowest BCUT2D eigenvalue weighted by atomic mass is 9.99. The normalized spacial score (nSPS) is 16.9. The van der Waals surface area contributed by atoms with Gasteiger partial charge in [-0.25, -0.2) is 0 Å². The highest BCUT2D eigenvalue weighted by molar-refractivity contribution is 5.59. The number of ether oxygens (including phenoxy) is 1. The first-order valence-corrected chi connectivity index (χ1v) is 8.67. The summed E-state index contributed by atoms with van der Waals surface area (Å²) in [6, 6.07) is 15.4. The Morgan fingerprint density at radius 3 is 2.96 bits per heavy atom. The van der Waals surface area contributed by atoms with Crippen molar-refractivity contribution in [2.75, 3.05) is 31.6 Å². The van der Waals surface area contributed by atoms with Crippen LogP contribution in [0.1, 0.15) is 23.1 Å². The summed E-state index contributed by atoms with van der Waals surface area (Å²) >= 11 is 0. The number of nitrogens with zero attached hydrogens (tertiary/aromatic N) is 1. The molecule has 0 radical (unpaired) electrons. The first-order valence-electron chi connectivity index (χ1n) is 8.67. The lowest BCUT2D eigenvalue weighted by Crippen LogP contribution is -2.31. The maximum absolute atomic E-state index is 5.64. The van der Waals surface area contributed by atoms with E-state index in [0.29, 0.717) is 0 Å². The van der Waals surface area contributed by atoms with Gasteiger partial charge in [-0.3, -0.25) is 4.90 Å². The van der Waals surface area contributed by atoms with Gasteiger partial charge in [0.05, 0.1) is 5.69 Å². The van der Waals surface area contributed by atoms with Gasteiger partial charge in [0.25, 0.3) is 0 Å². The van der Waals surface area contributed by atoms with Crippen LogP contribution in [0.15, 0.2) is 42.5 Å². The van der Waals surface area contributed by atoms with Crippen molar-refractivity contribution in [2.45, 2.75) is 25.8 Å². The quantitative estimate of drug-likeness (QED) is 0.936. The van der Waals surface area contributed by atoms with Gasteiger partial charge >= 0.3 is 0 Å². The summed E-state index contributed by atoms with van der Waals surface area (Å²) in [4.78, 5) is 2.59. The Labute approximate surface area is 138 Å². The van der Waals surface area contributed by atoms with Crippen molar-refractivity contribution < 1.29 is 4.74 Å². The topological polar surface area (TPSA) is 24.5 Å². The molecule has 0 spiro atoms. The van der Waals surface area contributed by atoms with Crippen molar-refractivity contribution in [3.05, 3.63) is 59.2 Å². The fourth-order valence-electron chi connectivity index (χ4n) is 3.60. The van der Waals surface area contributed by atoms with Crippen molar-refractivity contribution in [1.82, 2.24) is 4.90 Å². The number of hydrogen-bond acceptors (Lipinski definition) is 3. The minimum Gasteiger partial charge on any atom is -0.490 e. The smallest absolute Gasteiger partial charge is 0.142 e. The Morgan fingerprint density at radius 1 is 1.09 bits per heavy atom. The molecule has 3 heteroatoms. The molecule has 2 heterocycles. The molecule has 0 saturated heterocycles. The third-order valence-electron chi connectivity index (χ3n) is 4.87. The van der Waals surface area contributed by atoms with Crippen LogP contribution in [-0.2, 0) is 19.4 Å². The standard InChI is InChI=1S/C20H24N2O/c1-2-6-18-15-22(12-9-17(18)5-1)11-3-4-16-7-8-20-19(14-16)21-10-13-23-20/h1-2,5-8,14,21H,3-4,9-13,15H2. The molecule has 3 nitrogen and oxygen atoms in total. The van der Waals surface area contributed by atoms with Gasteiger partial charge in [0.1, 0.15) is 12.4 Å². The molecule has 2 aromatic rings. The molecule has 0 saturated carbocycles. The number of fused-ring (bicyclic) bond motifs is 2. The van der Waals surface area contributed by atoms with E-state index in [1.165, 1.54) is 42.6 Å². The SMILES string of the molecule is c1ccc2c(c1)CCN(CCCc1ccc3c(c1)NCCO3)C2. The van der Waals surface area contributed by atoms with Crippen LogP contribution in [0.5, 0.6) is 5.75 Å². The predicted octanol–water partition coefficient (Wildman–Crippen LogP) is 3.48. The zero-order valence-corrected chi connectivity index (χ0v) is 13.6. The van der Waals surface area contributed by atoms with Crippen molar-refractivity contribution in [3.8, 4) is 5.75 Å². The van der Waals surface area contributed by atoms with Gasteiger partial charge in [-0.2, -0.15) is 0 Å². The molecule has 120 valence electrons. The summed E-state index contributed by atoms with van der Waals surface area (Å²) in [5, 5.41) is 3.42. The molecular formula is C20H24N2O. The van der Waals surface area contributed by atoms with Gasteiger partial charge in [-0.1, -0.05) is 30.3 Å². The van der Waals surface area contributed by atoms with Crippen LogP contribution in [0, 0.1) is 0 Å². The first kappa shape index (κ1) is 14.6. The van der Waals surface area contributed by atoms with E-state index >= 15 is 0 Å². The van der Waals surface area contributed by atoms with E-state index in [2.05, 4.69) is 52.7 Å². The second kappa shape index (κ2) is 6.63. The van der Waals surface area contributed by atoms with E-state index in [1.54, 1.807) is 0 Å². The molecule has 0 amide bonds. The third-order valence-corrected chi connectivity index (χ3v) is 4.87. The minimum atomic E-state index is 0.767. The maximum atomic E-state index is 5.64. The summed E-state index contributed by atoms with van der Waals surface area (Å²) in [5.41, 5.74) is 5.60. The van der Waals surface area contributed by atoms with Crippen LogP contribution in [0.4, 0.5) is 5.69 Å². The van der Waals surface area contributed by atoms with Crippen molar-refractivity contribution in [2.24, 2.45) is 0 Å². The fourth-order valence-corrected chi connectivity index (χ4v) is 3.60. The molecule has 2 aliphatic rings. The van der Waals surface area contributed by atoms with Gasteiger partial charge in [-0.15, -0.1) is 0 Å². The number of nitrogens with one attached hydrogen (secondary N) is 1. The average Bonchev–Trinajstić information content (AvgIpc) is 2.61.